The summed E-state index contributed by atoms with van der Waals surface area (Å²) in [5, 5.41) is 0. The van der Waals surface area contributed by atoms with Gasteiger partial charge in [-0.3, -0.25) is 4.90 Å². The number of anilines is 1. The van der Waals surface area contributed by atoms with Crippen molar-refractivity contribution in [2.45, 2.75) is 25.7 Å². The van der Waals surface area contributed by atoms with E-state index in [1.54, 1.807) is 18.2 Å². The van der Waals surface area contributed by atoms with E-state index in [4.69, 9.17) is 0 Å². The van der Waals surface area contributed by atoms with Crippen LogP contribution in [-0.2, 0) is 10.0 Å². The Labute approximate surface area is 167 Å². The second-order valence-corrected chi connectivity index (χ2v) is 9.14. The van der Waals surface area contributed by atoms with Crippen molar-refractivity contribution in [1.82, 2.24) is 9.62 Å². The Morgan fingerprint density at radius 3 is 2.18 bits per heavy atom. The lowest BCUT2D eigenvalue weighted by atomic mass is 10.1. The molecule has 152 valence electrons. The minimum Gasteiger partial charge on any atom is -0.369 e. The first-order chi connectivity index (χ1) is 13.3. The highest BCUT2D eigenvalue weighted by atomic mass is 32.2. The minimum absolute atomic E-state index is 0.228. The smallest absolute Gasteiger partial charge is 0.240 e. The van der Waals surface area contributed by atoms with Gasteiger partial charge >= 0.3 is 0 Å². The van der Waals surface area contributed by atoms with Crippen molar-refractivity contribution in [3.63, 3.8) is 0 Å². The molecule has 2 aromatic carbocycles. The van der Waals surface area contributed by atoms with E-state index >= 15 is 0 Å². The molecule has 0 unspecified atom stereocenters. The van der Waals surface area contributed by atoms with E-state index in [1.807, 2.05) is 26.8 Å². The Morgan fingerprint density at radius 2 is 1.54 bits per heavy atom. The molecule has 0 amide bonds. The molecule has 1 saturated heterocycles. The summed E-state index contributed by atoms with van der Waals surface area (Å²) in [6.07, 6.45) is 0. The first kappa shape index (κ1) is 20.8. The van der Waals surface area contributed by atoms with E-state index in [2.05, 4.69) is 14.5 Å². The third-order valence-corrected chi connectivity index (χ3v) is 6.97. The van der Waals surface area contributed by atoms with Crippen LogP contribution in [0, 0.1) is 26.6 Å². The van der Waals surface area contributed by atoms with Crippen LogP contribution < -0.4 is 9.62 Å². The van der Waals surface area contributed by atoms with Crippen molar-refractivity contribution in [2.24, 2.45) is 0 Å². The number of piperazine rings is 1. The lowest BCUT2D eigenvalue weighted by Gasteiger charge is -2.36. The molecular formula is C21H28FN3O2S. The number of rotatable bonds is 6. The third kappa shape index (κ3) is 4.90. The molecule has 0 aliphatic carbocycles. The first-order valence-corrected chi connectivity index (χ1v) is 11.0. The molecule has 0 radical (unpaired) electrons. The summed E-state index contributed by atoms with van der Waals surface area (Å²) in [6.45, 7) is 10.2. The second-order valence-electron chi connectivity index (χ2n) is 7.40. The van der Waals surface area contributed by atoms with E-state index in [9.17, 15) is 12.8 Å². The van der Waals surface area contributed by atoms with Gasteiger partial charge in [0.1, 0.15) is 5.82 Å². The van der Waals surface area contributed by atoms with Crippen LogP contribution in [0.3, 0.4) is 0 Å². The maximum absolute atomic E-state index is 13.1. The summed E-state index contributed by atoms with van der Waals surface area (Å²) >= 11 is 0. The van der Waals surface area contributed by atoms with E-state index in [-0.39, 0.29) is 5.82 Å². The van der Waals surface area contributed by atoms with Gasteiger partial charge in [-0.1, -0.05) is 6.07 Å². The monoisotopic (exact) mass is 405 g/mol. The molecule has 1 heterocycles. The predicted octanol–water partition coefficient (Wildman–Crippen LogP) is 2.85. The lowest BCUT2D eigenvalue weighted by Crippen LogP contribution is -2.48. The number of nitrogens with zero attached hydrogens (tertiary/aromatic N) is 2. The molecular weight excluding hydrogens is 377 g/mol. The minimum atomic E-state index is -3.51. The molecule has 0 bridgehead atoms. The van der Waals surface area contributed by atoms with Gasteiger partial charge in [0.15, 0.2) is 0 Å². The number of sulfonamides is 1. The predicted molar refractivity (Wildman–Crippen MR) is 111 cm³/mol. The van der Waals surface area contributed by atoms with Crippen LogP contribution in [-0.4, -0.2) is 52.6 Å². The number of benzene rings is 2. The van der Waals surface area contributed by atoms with Gasteiger partial charge in [-0.2, -0.15) is 0 Å². The van der Waals surface area contributed by atoms with Gasteiger partial charge in [-0.15, -0.1) is 0 Å². The molecule has 5 nitrogen and oxygen atoms in total. The van der Waals surface area contributed by atoms with Gasteiger partial charge in [0.05, 0.1) is 4.90 Å². The first-order valence-electron chi connectivity index (χ1n) is 9.56. The Bertz CT molecular complexity index is 921. The van der Waals surface area contributed by atoms with E-state index in [0.29, 0.717) is 18.0 Å². The summed E-state index contributed by atoms with van der Waals surface area (Å²) in [5.41, 5.74) is 3.86. The lowest BCUT2D eigenvalue weighted by molar-refractivity contribution is 0.262. The van der Waals surface area contributed by atoms with Gasteiger partial charge in [0, 0.05) is 45.0 Å². The molecule has 1 aliphatic rings. The number of hydrogen-bond acceptors (Lipinski definition) is 4. The summed E-state index contributed by atoms with van der Waals surface area (Å²) in [4.78, 5) is 4.82. The fraction of sp³-hybridized carbons (Fsp3) is 0.429. The fourth-order valence-corrected chi connectivity index (χ4v) is 4.85. The zero-order valence-corrected chi connectivity index (χ0v) is 17.5. The summed E-state index contributed by atoms with van der Waals surface area (Å²) in [7, 11) is -3.51. The van der Waals surface area contributed by atoms with Crippen molar-refractivity contribution < 1.29 is 12.8 Å². The van der Waals surface area contributed by atoms with Crippen LogP contribution in [0.15, 0.2) is 41.3 Å². The van der Waals surface area contributed by atoms with Gasteiger partial charge in [-0.05, 0) is 67.8 Å². The summed E-state index contributed by atoms with van der Waals surface area (Å²) in [5.74, 6) is -0.228. The molecule has 0 aromatic heterocycles. The van der Waals surface area contributed by atoms with Crippen molar-refractivity contribution >= 4 is 15.7 Å². The highest BCUT2D eigenvalue weighted by molar-refractivity contribution is 7.89. The molecule has 1 aliphatic heterocycles. The molecule has 1 fully saturated rings. The maximum atomic E-state index is 13.1. The SMILES string of the molecule is Cc1cc(C)c(S(=O)(=O)NCCN2CCN(c3ccc(F)cc3)CC2)cc1C. The number of halogens is 1. The standard InChI is InChI=1S/C21H28FN3O2S/c1-16-14-18(3)21(15-17(16)2)28(26,27)23-8-9-24-10-12-25(13-11-24)20-6-4-19(22)5-7-20/h4-7,14-15,23H,8-13H2,1-3H3. The largest absolute Gasteiger partial charge is 0.369 e. The number of nitrogens with one attached hydrogen (secondary N) is 1. The Kier molecular flexibility index (Phi) is 6.37. The maximum Gasteiger partial charge on any atom is 0.240 e. The van der Waals surface area contributed by atoms with Gasteiger partial charge < -0.3 is 4.90 Å². The van der Waals surface area contributed by atoms with Crippen molar-refractivity contribution in [1.29, 1.82) is 0 Å². The average Bonchev–Trinajstić information content (AvgIpc) is 2.66. The molecule has 7 heteroatoms. The highest BCUT2D eigenvalue weighted by Crippen LogP contribution is 2.20. The zero-order valence-electron chi connectivity index (χ0n) is 16.7. The van der Waals surface area contributed by atoms with E-state index in [1.165, 1.54) is 12.1 Å². The molecule has 1 N–H and O–H groups in total. The highest BCUT2D eigenvalue weighted by Gasteiger charge is 2.20. The molecule has 2 aromatic rings. The van der Waals surface area contributed by atoms with Crippen LogP contribution in [0.5, 0.6) is 0 Å². The molecule has 0 saturated carbocycles. The van der Waals surface area contributed by atoms with E-state index < -0.39 is 10.0 Å². The van der Waals surface area contributed by atoms with Crippen molar-refractivity contribution in [2.75, 3.05) is 44.2 Å². The van der Waals surface area contributed by atoms with Crippen molar-refractivity contribution in [3.8, 4) is 0 Å². The third-order valence-electron chi connectivity index (χ3n) is 5.36. The fourth-order valence-electron chi connectivity index (χ4n) is 3.52. The van der Waals surface area contributed by atoms with Crippen LogP contribution >= 0.6 is 0 Å². The molecule has 0 spiro atoms. The second kappa shape index (κ2) is 8.59. The zero-order chi connectivity index (χ0) is 20.3. The van der Waals surface area contributed by atoms with Gasteiger partial charge in [0.25, 0.3) is 0 Å². The number of aryl methyl sites for hydroxylation is 3. The number of hydrogen-bond donors (Lipinski definition) is 1. The Morgan fingerprint density at radius 1 is 0.929 bits per heavy atom. The molecule has 3 rings (SSSR count). The topological polar surface area (TPSA) is 52.7 Å². The van der Waals surface area contributed by atoms with E-state index in [0.717, 1.165) is 48.6 Å². The Balaban J connectivity index is 1.50. The van der Waals surface area contributed by atoms with Gasteiger partial charge in [-0.25, -0.2) is 17.5 Å². The van der Waals surface area contributed by atoms with Crippen molar-refractivity contribution in [3.05, 3.63) is 58.9 Å². The van der Waals surface area contributed by atoms with Gasteiger partial charge in [0.2, 0.25) is 10.0 Å². The normalized spacial score (nSPS) is 15.8. The molecule has 28 heavy (non-hydrogen) atoms. The Hall–Kier alpha value is -1.96. The quantitative estimate of drug-likeness (QED) is 0.803. The van der Waals surface area contributed by atoms with Crippen LogP contribution in [0.1, 0.15) is 16.7 Å². The summed E-state index contributed by atoms with van der Waals surface area (Å²) in [6, 6.07) is 10.2. The van der Waals surface area contributed by atoms with Crippen LogP contribution in [0.4, 0.5) is 10.1 Å². The van der Waals surface area contributed by atoms with Crippen LogP contribution in [0.25, 0.3) is 0 Å². The molecule has 0 atom stereocenters. The van der Waals surface area contributed by atoms with Crippen LogP contribution in [0.2, 0.25) is 0 Å². The summed E-state index contributed by atoms with van der Waals surface area (Å²) < 4.78 is 41.1. The average molecular weight is 406 g/mol.